The average Bonchev–Trinajstić information content (AvgIpc) is 2.91. The topological polar surface area (TPSA) is 35.5 Å². The molecule has 0 aliphatic carbocycles. The van der Waals surface area contributed by atoms with Crippen LogP contribution in [0.5, 0.6) is 0 Å². The van der Waals surface area contributed by atoms with E-state index >= 15 is 0 Å². The van der Waals surface area contributed by atoms with E-state index in [0.29, 0.717) is 6.04 Å². The van der Waals surface area contributed by atoms with Gasteiger partial charge in [-0.1, -0.05) is 11.6 Å². The number of aliphatic hydroxyl groups is 1. The Kier molecular flexibility index (Phi) is 5.25. The van der Waals surface area contributed by atoms with E-state index < -0.39 is 0 Å². The molecule has 2 heterocycles. The van der Waals surface area contributed by atoms with E-state index in [1.54, 1.807) is 11.3 Å². The number of halogens is 1. The largest absolute Gasteiger partial charge is 0.395 e. The van der Waals surface area contributed by atoms with Crippen LogP contribution in [0.15, 0.2) is 12.1 Å². The highest BCUT2D eigenvalue weighted by atomic mass is 35.5. The summed E-state index contributed by atoms with van der Waals surface area (Å²) in [5.74, 6) is 0. The third-order valence-electron chi connectivity index (χ3n) is 3.07. The Morgan fingerprint density at radius 2 is 2.41 bits per heavy atom. The Hall–Kier alpha value is -0.130. The van der Waals surface area contributed by atoms with E-state index in [1.807, 2.05) is 6.07 Å². The maximum atomic E-state index is 9.11. The van der Waals surface area contributed by atoms with Gasteiger partial charge in [0.15, 0.2) is 0 Å². The van der Waals surface area contributed by atoms with Crippen LogP contribution >= 0.6 is 22.9 Å². The highest BCUT2D eigenvalue weighted by Gasteiger charge is 2.18. The van der Waals surface area contributed by atoms with Gasteiger partial charge in [-0.15, -0.1) is 11.3 Å². The fourth-order valence-electron chi connectivity index (χ4n) is 2.26. The summed E-state index contributed by atoms with van der Waals surface area (Å²) < 4.78 is 0.836. The standard InChI is InChI=1S/C12H19ClN2OS/c13-12-4-3-11(17-12)9-15(6-7-16)8-10-2-1-5-14-10/h3-4,10,14,16H,1-2,5-9H2. The Morgan fingerprint density at radius 3 is 3.00 bits per heavy atom. The molecule has 1 aliphatic heterocycles. The van der Waals surface area contributed by atoms with Crippen LogP contribution in [-0.2, 0) is 6.54 Å². The Bertz CT molecular complexity index is 339. The second-order valence-corrected chi connectivity index (χ2v) is 6.26. The van der Waals surface area contributed by atoms with Crippen molar-refractivity contribution >= 4 is 22.9 Å². The maximum absolute atomic E-state index is 9.11. The van der Waals surface area contributed by atoms with Gasteiger partial charge in [-0.2, -0.15) is 0 Å². The van der Waals surface area contributed by atoms with Gasteiger partial charge in [-0.3, -0.25) is 4.90 Å². The fraction of sp³-hybridized carbons (Fsp3) is 0.667. The van der Waals surface area contributed by atoms with Crippen molar-refractivity contribution < 1.29 is 5.11 Å². The highest BCUT2D eigenvalue weighted by molar-refractivity contribution is 7.16. The molecule has 0 aromatic carbocycles. The van der Waals surface area contributed by atoms with E-state index in [4.69, 9.17) is 16.7 Å². The predicted molar refractivity (Wildman–Crippen MR) is 72.7 cm³/mol. The number of hydrogen-bond donors (Lipinski definition) is 2. The van der Waals surface area contributed by atoms with Crippen LogP contribution in [-0.4, -0.2) is 42.3 Å². The van der Waals surface area contributed by atoms with Crippen molar-refractivity contribution in [2.75, 3.05) is 26.2 Å². The van der Waals surface area contributed by atoms with Crippen molar-refractivity contribution in [1.82, 2.24) is 10.2 Å². The minimum atomic E-state index is 0.214. The minimum absolute atomic E-state index is 0.214. The lowest BCUT2D eigenvalue weighted by molar-refractivity contribution is 0.180. The number of nitrogens with one attached hydrogen (secondary N) is 1. The average molecular weight is 275 g/mol. The molecule has 17 heavy (non-hydrogen) atoms. The Labute approximate surface area is 111 Å². The number of hydrogen-bond acceptors (Lipinski definition) is 4. The molecule has 1 aromatic heterocycles. The molecule has 2 N–H and O–H groups in total. The van der Waals surface area contributed by atoms with Crippen LogP contribution in [0.25, 0.3) is 0 Å². The zero-order valence-electron chi connectivity index (χ0n) is 9.86. The van der Waals surface area contributed by atoms with E-state index in [1.165, 1.54) is 17.7 Å². The lowest BCUT2D eigenvalue weighted by atomic mass is 10.2. The van der Waals surface area contributed by atoms with Crippen LogP contribution in [0.1, 0.15) is 17.7 Å². The van der Waals surface area contributed by atoms with Crippen LogP contribution in [0.3, 0.4) is 0 Å². The van der Waals surface area contributed by atoms with Gasteiger partial charge >= 0.3 is 0 Å². The van der Waals surface area contributed by atoms with Gasteiger partial charge in [0.2, 0.25) is 0 Å². The third kappa shape index (κ3) is 4.23. The molecule has 0 bridgehead atoms. The lowest BCUT2D eigenvalue weighted by Crippen LogP contribution is -2.38. The van der Waals surface area contributed by atoms with E-state index in [2.05, 4.69) is 16.3 Å². The van der Waals surface area contributed by atoms with Gasteiger partial charge in [-0.05, 0) is 31.5 Å². The molecule has 3 nitrogen and oxygen atoms in total. The maximum Gasteiger partial charge on any atom is 0.0931 e. The zero-order valence-corrected chi connectivity index (χ0v) is 11.4. The summed E-state index contributed by atoms with van der Waals surface area (Å²) in [7, 11) is 0. The van der Waals surface area contributed by atoms with Crippen molar-refractivity contribution in [3.05, 3.63) is 21.3 Å². The summed E-state index contributed by atoms with van der Waals surface area (Å²) in [4.78, 5) is 3.56. The molecule has 5 heteroatoms. The van der Waals surface area contributed by atoms with Gasteiger partial charge in [0.05, 0.1) is 10.9 Å². The van der Waals surface area contributed by atoms with E-state index in [9.17, 15) is 0 Å². The van der Waals surface area contributed by atoms with E-state index in [-0.39, 0.29) is 6.61 Å². The number of nitrogens with zero attached hydrogens (tertiary/aromatic N) is 1. The molecular formula is C12H19ClN2OS. The predicted octanol–water partition coefficient (Wildman–Crippen LogP) is 1.95. The molecular weight excluding hydrogens is 256 g/mol. The third-order valence-corrected chi connectivity index (χ3v) is 4.28. The molecule has 1 atom stereocenters. The molecule has 96 valence electrons. The van der Waals surface area contributed by atoms with Crippen molar-refractivity contribution in [2.24, 2.45) is 0 Å². The van der Waals surface area contributed by atoms with E-state index in [0.717, 1.165) is 30.5 Å². The summed E-state index contributed by atoms with van der Waals surface area (Å²) in [6, 6.07) is 4.59. The summed E-state index contributed by atoms with van der Waals surface area (Å²) in [5, 5.41) is 12.6. The molecule has 0 spiro atoms. The molecule has 0 amide bonds. The van der Waals surface area contributed by atoms with Gasteiger partial charge < -0.3 is 10.4 Å². The molecule has 2 rings (SSSR count). The molecule has 1 aliphatic rings. The summed E-state index contributed by atoms with van der Waals surface area (Å²) in [6.07, 6.45) is 2.51. The van der Waals surface area contributed by atoms with Gasteiger partial charge in [0.1, 0.15) is 0 Å². The highest BCUT2D eigenvalue weighted by Crippen LogP contribution is 2.23. The first-order valence-electron chi connectivity index (χ1n) is 6.09. The summed E-state index contributed by atoms with van der Waals surface area (Å²) in [6.45, 7) is 3.97. The summed E-state index contributed by atoms with van der Waals surface area (Å²) >= 11 is 7.55. The second kappa shape index (κ2) is 6.71. The molecule has 1 saturated heterocycles. The van der Waals surface area contributed by atoms with Crippen LogP contribution in [0.4, 0.5) is 0 Å². The molecule has 1 fully saturated rings. The number of aliphatic hydroxyl groups excluding tert-OH is 1. The van der Waals surface area contributed by atoms with Crippen molar-refractivity contribution in [3.63, 3.8) is 0 Å². The fourth-order valence-corrected chi connectivity index (χ4v) is 3.39. The number of rotatable bonds is 6. The molecule has 0 saturated carbocycles. The van der Waals surface area contributed by atoms with Crippen LogP contribution < -0.4 is 5.32 Å². The van der Waals surface area contributed by atoms with Gasteiger partial charge in [-0.25, -0.2) is 0 Å². The smallest absolute Gasteiger partial charge is 0.0931 e. The van der Waals surface area contributed by atoms with Crippen molar-refractivity contribution in [3.8, 4) is 0 Å². The van der Waals surface area contributed by atoms with Gasteiger partial charge in [0.25, 0.3) is 0 Å². The Morgan fingerprint density at radius 1 is 1.53 bits per heavy atom. The molecule has 1 aromatic rings. The lowest BCUT2D eigenvalue weighted by Gasteiger charge is -2.24. The van der Waals surface area contributed by atoms with Crippen molar-refractivity contribution in [1.29, 1.82) is 0 Å². The molecule has 0 radical (unpaired) electrons. The second-order valence-electron chi connectivity index (χ2n) is 4.46. The normalized spacial score (nSPS) is 20.3. The first-order valence-corrected chi connectivity index (χ1v) is 7.28. The SMILES string of the molecule is OCCN(Cc1ccc(Cl)s1)CC1CCCN1. The monoisotopic (exact) mass is 274 g/mol. The quantitative estimate of drug-likeness (QED) is 0.832. The summed E-state index contributed by atoms with van der Waals surface area (Å²) in [5.41, 5.74) is 0. The first kappa shape index (κ1) is 13.3. The van der Waals surface area contributed by atoms with Crippen molar-refractivity contribution in [2.45, 2.75) is 25.4 Å². The van der Waals surface area contributed by atoms with Gasteiger partial charge in [0, 0.05) is 30.6 Å². The van der Waals surface area contributed by atoms with Crippen LogP contribution in [0, 0.1) is 0 Å². The minimum Gasteiger partial charge on any atom is -0.395 e. The number of thiophene rings is 1. The van der Waals surface area contributed by atoms with Crippen LogP contribution in [0.2, 0.25) is 4.34 Å². The first-order chi connectivity index (χ1) is 8.28. The molecule has 1 unspecified atom stereocenters. The zero-order chi connectivity index (χ0) is 12.1. The Balaban J connectivity index is 1.87.